The molecule has 0 bridgehead atoms. The van der Waals surface area contributed by atoms with Gasteiger partial charge in [-0.1, -0.05) is 129 Å². The van der Waals surface area contributed by atoms with Gasteiger partial charge >= 0.3 is 0 Å². The summed E-state index contributed by atoms with van der Waals surface area (Å²) < 4.78 is 4.47. The summed E-state index contributed by atoms with van der Waals surface area (Å²) in [5.41, 5.74) is 12.2. The Morgan fingerprint density at radius 2 is 1.41 bits per heavy atom. The zero-order valence-electron chi connectivity index (χ0n) is 32.7. The van der Waals surface area contributed by atoms with Gasteiger partial charge in [0.15, 0.2) is 11.6 Å². The van der Waals surface area contributed by atoms with Crippen LogP contribution in [0.25, 0.3) is 90.0 Å². The Bertz CT molecular complexity index is 3190. The predicted molar refractivity (Wildman–Crippen MR) is 249 cm³/mol. The SMILES string of the molecule is C=C/C=C(\C=C/C)n1c(C=C)c(C=C)c2cc(C3=CCC#CC(c4nc(-c5ccc6c(c5)c5ccccc5n6-c5ccccc5)nc(-c5ccccc5)c4O)=C3)ccc21. The number of hydrogen-bond donors (Lipinski definition) is 1. The highest BCUT2D eigenvalue weighted by Crippen LogP contribution is 2.40. The monoisotopic (exact) mass is 760 g/mol. The average molecular weight is 761 g/mol. The minimum atomic E-state index is -0.0221. The molecular formula is C54H40N4O. The lowest BCUT2D eigenvalue weighted by molar-refractivity contribution is 0.470. The van der Waals surface area contributed by atoms with Gasteiger partial charge in [0.1, 0.15) is 11.4 Å². The fourth-order valence-corrected chi connectivity index (χ4v) is 8.13. The predicted octanol–water partition coefficient (Wildman–Crippen LogP) is 13.3. The molecule has 8 aromatic rings. The van der Waals surface area contributed by atoms with Crippen molar-refractivity contribution in [1.82, 2.24) is 19.1 Å². The summed E-state index contributed by atoms with van der Waals surface area (Å²) in [7, 11) is 0. The number of para-hydroxylation sites is 2. The molecule has 0 atom stereocenters. The summed E-state index contributed by atoms with van der Waals surface area (Å²) >= 11 is 0. The molecule has 5 aromatic carbocycles. The molecule has 0 saturated heterocycles. The molecule has 0 aliphatic heterocycles. The van der Waals surface area contributed by atoms with Gasteiger partial charge in [-0.05, 0) is 90.9 Å². The minimum absolute atomic E-state index is 0.0221. The normalized spacial score (nSPS) is 12.9. The Morgan fingerprint density at radius 3 is 2.17 bits per heavy atom. The molecule has 1 N–H and O–H groups in total. The van der Waals surface area contributed by atoms with E-state index >= 15 is 0 Å². The van der Waals surface area contributed by atoms with Crippen LogP contribution in [0, 0.1) is 11.8 Å². The number of fused-ring (bicyclic) bond motifs is 4. The third kappa shape index (κ3) is 6.43. The second-order valence-corrected chi connectivity index (χ2v) is 14.2. The maximum atomic E-state index is 12.1. The summed E-state index contributed by atoms with van der Waals surface area (Å²) in [5, 5.41) is 15.3. The molecular weight excluding hydrogens is 721 g/mol. The molecule has 3 heterocycles. The lowest BCUT2D eigenvalue weighted by Crippen LogP contribution is -2.00. The van der Waals surface area contributed by atoms with Crippen molar-refractivity contribution in [1.29, 1.82) is 0 Å². The third-order valence-electron chi connectivity index (χ3n) is 10.7. The summed E-state index contributed by atoms with van der Waals surface area (Å²) in [6.45, 7) is 14.3. The van der Waals surface area contributed by atoms with Gasteiger partial charge in [-0.2, -0.15) is 0 Å². The standard InChI is InChI=1S/C54H40N4O/c1-5-19-41(20-6-2)57-47(8-4)43(7-3)45-34-38(29-31-49(45)57)37-23-15-16-24-39(33-37)52-53(59)51(36-21-11-9-12-22-36)55-54(56-52)40-30-32-50-46(35-40)44-27-17-18-28-48(44)58(50)42-25-13-10-14-26-42/h5-14,17-23,25-35,59H,1,3-4,15H2,2H3/b20-6-,41-19+. The van der Waals surface area contributed by atoms with Crippen molar-refractivity contribution in [2.24, 2.45) is 0 Å². The number of aromatic hydroxyl groups is 1. The van der Waals surface area contributed by atoms with E-state index in [2.05, 4.69) is 138 Å². The van der Waals surface area contributed by atoms with Crippen LogP contribution < -0.4 is 0 Å². The first-order valence-electron chi connectivity index (χ1n) is 19.6. The van der Waals surface area contributed by atoms with E-state index < -0.39 is 0 Å². The van der Waals surface area contributed by atoms with E-state index in [-0.39, 0.29) is 5.75 Å². The van der Waals surface area contributed by atoms with E-state index in [1.54, 1.807) is 6.08 Å². The summed E-state index contributed by atoms with van der Waals surface area (Å²) in [5.74, 6) is 7.12. The van der Waals surface area contributed by atoms with Crippen LogP contribution in [-0.2, 0) is 0 Å². The second-order valence-electron chi connectivity index (χ2n) is 14.2. The maximum Gasteiger partial charge on any atom is 0.169 e. The lowest BCUT2D eigenvalue weighted by Gasteiger charge is -2.13. The molecule has 282 valence electrons. The number of hydrogen-bond acceptors (Lipinski definition) is 3. The Hall–Kier alpha value is -7.94. The second kappa shape index (κ2) is 15.5. The smallest absolute Gasteiger partial charge is 0.169 e. The molecule has 1 aliphatic rings. The van der Waals surface area contributed by atoms with Gasteiger partial charge < -0.3 is 14.2 Å². The van der Waals surface area contributed by atoms with Crippen molar-refractivity contribution in [2.45, 2.75) is 13.3 Å². The Morgan fingerprint density at radius 1 is 0.712 bits per heavy atom. The molecule has 0 spiro atoms. The van der Waals surface area contributed by atoms with Crippen LogP contribution in [0.2, 0.25) is 0 Å². The molecule has 0 radical (unpaired) electrons. The van der Waals surface area contributed by atoms with Crippen LogP contribution in [0.15, 0.2) is 178 Å². The summed E-state index contributed by atoms with van der Waals surface area (Å²) in [6.07, 6.45) is 16.3. The van der Waals surface area contributed by atoms with Crippen molar-refractivity contribution >= 4 is 61.7 Å². The molecule has 59 heavy (non-hydrogen) atoms. The van der Waals surface area contributed by atoms with Gasteiger partial charge in [0.2, 0.25) is 0 Å². The average Bonchev–Trinajstić information content (AvgIpc) is 3.66. The first kappa shape index (κ1) is 36.7. The Labute approximate surface area is 344 Å². The Kier molecular flexibility index (Phi) is 9.66. The molecule has 0 unspecified atom stereocenters. The van der Waals surface area contributed by atoms with E-state index in [1.165, 1.54) is 0 Å². The van der Waals surface area contributed by atoms with Crippen molar-refractivity contribution < 1.29 is 5.11 Å². The van der Waals surface area contributed by atoms with E-state index in [1.807, 2.05) is 73.7 Å². The number of nitrogens with zero attached hydrogens (tertiary/aromatic N) is 4. The van der Waals surface area contributed by atoms with Gasteiger partial charge in [-0.25, -0.2) is 9.97 Å². The fourth-order valence-electron chi connectivity index (χ4n) is 8.13. The van der Waals surface area contributed by atoms with Gasteiger partial charge in [0.25, 0.3) is 0 Å². The minimum Gasteiger partial charge on any atom is -0.504 e. The van der Waals surface area contributed by atoms with Crippen LogP contribution in [0.4, 0.5) is 0 Å². The maximum absolute atomic E-state index is 12.1. The van der Waals surface area contributed by atoms with Crippen LogP contribution in [0.1, 0.15) is 35.9 Å². The lowest BCUT2D eigenvalue weighted by atomic mass is 9.98. The van der Waals surface area contributed by atoms with E-state index in [4.69, 9.17) is 9.97 Å². The highest BCUT2D eigenvalue weighted by molar-refractivity contribution is 6.10. The van der Waals surface area contributed by atoms with Crippen LogP contribution >= 0.6 is 0 Å². The largest absolute Gasteiger partial charge is 0.504 e. The molecule has 0 saturated carbocycles. The molecule has 1 aliphatic carbocycles. The summed E-state index contributed by atoms with van der Waals surface area (Å²) in [6, 6.07) is 41.4. The van der Waals surface area contributed by atoms with Gasteiger partial charge in [-0.15, -0.1) is 0 Å². The molecule has 5 heteroatoms. The fraction of sp³-hybridized carbons (Fsp3) is 0.0370. The van der Waals surface area contributed by atoms with E-state index in [0.717, 1.165) is 77.6 Å². The first-order chi connectivity index (χ1) is 29.0. The van der Waals surface area contributed by atoms with Crippen molar-refractivity contribution in [3.05, 3.63) is 200 Å². The quantitative estimate of drug-likeness (QED) is 0.112. The molecule has 3 aromatic heterocycles. The first-order valence-corrected chi connectivity index (χ1v) is 19.6. The van der Waals surface area contributed by atoms with Crippen molar-refractivity contribution in [3.8, 4) is 45.9 Å². The number of rotatable bonds is 10. The zero-order valence-corrected chi connectivity index (χ0v) is 32.7. The van der Waals surface area contributed by atoms with E-state index in [9.17, 15) is 5.11 Å². The number of aromatic nitrogens is 4. The molecule has 9 rings (SSSR count). The van der Waals surface area contributed by atoms with Crippen molar-refractivity contribution in [3.63, 3.8) is 0 Å². The van der Waals surface area contributed by atoms with Crippen LogP contribution in [-0.4, -0.2) is 24.2 Å². The van der Waals surface area contributed by atoms with Gasteiger partial charge in [0, 0.05) is 50.7 Å². The third-order valence-corrected chi connectivity index (χ3v) is 10.7. The highest BCUT2D eigenvalue weighted by Gasteiger charge is 2.22. The van der Waals surface area contributed by atoms with E-state index in [0.29, 0.717) is 29.2 Å². The van der Waals surface area contributed by atoms with Gasteiger partial charge in [-0.3, -0.25) is 0 Å². The molecule has 5 nitrogen and oxygen atoms in total. The van der Waals surface area contributed by atoms with Crippen LogP contribution in [0.5, 0.6) is 5.75 Å². The topological polar surface area (TPSA) is 55.9 Å². The molecule has 0 fully saturated rings. The molecule has 0 amide bonds. The van der Waals surface area contributed by atoms with Gasteiger partial charge in [0.05, 0.1) is 27.8 Å². The number of benzene rings is 5. The summed E-state index contributed by atoms with van der Waals surface area (Å²) in [4.78, 5) is 10.2. The highest BCUT2D eigenvalue weighted by atomic mass is 16.3. The van der Waals surface area contributed by atoms with Crippen molar-refractivity contribution in [2.75, 3.05) is 0 Å². The zero-order chi connectivity index (χ0) is 40.5. The Balaban J connectivity index is 1.21. The number of allylic oxidation sites excluding steroid dienone is 9. The van der Waals surface area contributed by atoms with Crippen LogP contribution in [0.3, 0.4) is 0 Å².